The van der Waals surface area contributed by atoms with Crippen LogP contribution in [0.3, 0.4) is 0 Å². The molecule has 1 aromatic heterocycles. The smallest absolute Gasteiger partial charge is 0.270 e. The number of Topliss-reactive ketones (excluding diaryl/α,β-unsaturated/α-hetero) is 1. The first-order valence-corrected chi connectivity index (χ1v) is 7.12. The van der Waals surface area contributed by atoms with Crippen LogP contribution in [0.15, 0.2) is 43.0 Å². The van der Waals surface area contributed by atoms with E-state index >= 15 is 0 Å². The molecule has 0 bridgehead atoms. The van der Waals surface area contributed by atoms with Crippen LogP contribution < -0.4 is 10.6 Å². The maximum absolute atomic E-state index is 12.0. The summed E-state index contributed by atoms with van der Waals surface area (Å²) in [6, 6.07) is 8.61. The van der Waals surface area contributed by atoms with E-state index < -0.39 is 0 Å². The number of amides is 1. The van der Waals surface area contributed by atoms with Gasteiger partial charge in [-0.25, -0.2) is 9.97 Å². The second-order valence-electron chi connectivity index (χ2n) is 4.94. The predicted octanol–water partition coefficient (Wildman–Crippen LogP) is 2.65. The Balaban J connectivity index is 2.19. The number of aryl methyl sites for hydroxylation is 1. The molecule has 0 aliphatic carbocycles. The predicted molar refractivity (Wildman–Crippen MR) is 89.0 cm³/mol. The van der Waals surface area contributed by atoms with E-state index in [1.807, 2.05) is 0 Å². The highest BCUT2D eigenvalue weighted by atomic mass is 16.1. The van der Waals surface area contributed by atoms with Crippen molar-refractivity contribution in [2.75, 3.05) is 11.9 Å². The molecule has 0 aliphatic heterocycles. The fourth-order valence-electron chi connectivity index (χ4n) is 1.94. The van der Waals surface area contributed by atoms with E-state index in [0.717, 1.165) is 5.69 Å². The van der Waals surface area contributed by atoms with Gasteiger partial charge in [-0.05, 0) is 38.1 Å². The summed E-state index contributed by atoms with van der Waals surface area (Å²) in [5, 5.41) is 5.77. The van der Waals surface area contributed by atoms with Gasteiger partial charge in [0.15, 0.2) is 5.78 Å². The van der Waals surface area contributed by atoms with Crippen LogP contribution in [0, 0.1) is 6.92 Å². The Kier molecular flexibility index (Phi) is 5.19. The summed E-state index contributed by atoms with van der Waals surface area (Å²) in [6.07, 6.45) is 1.60. The average Bonchev–Trinajstić information content (AvgIpc) is 2.52. The molecule has 2 N–H and O–H groups in total. The molecular formula is C17H18N4O2. The normalized spacial score (nSPS) is 10.0. The van der Waals surface area contributed by atoms with Gasteiger partial charge in [0, 0.05) is 23.9 Å². The molecule has 1 aromatic carbocycles. The van der Waals surface area contributed by atoms with Gasteiger partial charge in [-0.15, -0.1) is 6.58 Å². The van der Waals surface area contributed by atoms with Crippen LogP contribution in [0.2, 0.25) is 0 Å². The number of anilines is 2. The zero-order valence-electron chi connectivity index (χ0n) is 13.1. The minimum Gasteiger partial charge on any atom is -0.347 e. The van der Waals surface area contributed by atoms with E-state index in [1.54, 1.807) is 43.3 Å². The average molecular weight is 310 g/mol. The molecule has 1 amide bonds. The number of rotatable bonds is 6. The van der Waals surface area contributed by atoms with Crippen molar-refractivity contribution in [3.8, 4) is 0 Å². The molecule has 6 heteroatoms. The number of ketones is 1. The highest BCUT2D eigenvalue weighted by Gasteiger charge is 2.10. The molecule has 0 saturated heterocycles. The lowest BCUT2D eigenvalue weighted by Gasteiger charge is -2.09. The highest BCUT2D eigenvalue weighted by Crippen LogP contribution is 2.16. The molecular weight excluding hydrogens is 292 g/mol. The van der Waals surface area contributed by atoms with E-state index in [9.17, 15) is 9.59 Å². The van der Waals surface area contributed by atoms with Gasteiger partial charge < -0.3 is 10.6 Å². The second kappa shape index (κ2) is 7.31. The number of nitrogens with one attached hydrogen (secondary N) is 2. The Morgan fingerprint density at radius 2 is 1.91 bits per heavy atom. The van der Waals surface area contributed by atoms with Crippen LogP contribution in [0.4, 0.5) is 11.5 Å². The van der Waals surface area contributed by atoms with Crippen LogP contribution in [-0.2, 0) is 0 Å². The minimum atomic E-state index is -0.287. The number of carbonyl (C=O) groups is 2. The Morgan fingerprint density at radius 1 is 1.22 bits per heavy atom. The molecule has 0 radical (unpaired) electrons. The Hall–Kier alpha value is -3.02. The van der Waals surface area contributed by atoms with Crippen molar-refractivity contribution >= 4 is 23.2 Å². The lowest BCUT2D eigenvalue weighted by Crippen LogP contribution is -2.24. The molecule has 23 heavy (non-hydrogen) atoms. The maximum Gasteiger partial charge on any atom is 0.270 e. The fraction of sp³-hybridized carbons (Fsp3) is 0.176. The van der Waals surface area contributed by atoms with Gasteiger partial charge in [-0.3, -0.25) is 9.59 Å². The van der Waals surface area contributed by atoms with Gasteiger partial charge in [0.1, 0.15) is 17.3 Å². The molecule has 0 fully saturated rings. The van der Waals surface area contributed by atoms with Crippen LogP contribution in [-0.4, -0.2) is 28.2 Å². The number of aromatic nitrogens is 2. The van der Waals surface area contributed by atoms with Gasteiger partial charge in [0.25, 0.3) is 5.91 Å². The van der Waals surface area contributed by atoms with Crippen LogP contribution in [0.5, 0.6) is 0 Å². The fourth-order valence-corrected chi connectivity index (χ4v) is 1.94. The third-order valence-corrected chi connectivity index (χ3v) is 3.04. The first-order chi connectivity index (χ1) is 11.0. The monoisotopic (exact) mass is 310 g/mol. The van der Waals surface area contributed by atoms with Crippen molar-refractivity contribution in [1.29, 1.82) is 0 Å². The van der Waals surface area contributed by atoms with E-state index in [4.69, 9.17) is 0 Å². The van der Waals surface area contributed by atoms with Gasteiger partial charge in [-0.2, -0.15) is 0 Å². The Morgan fingerprint density at radius 3 is 2.52 bits per heavy atom. The molecule has 2 aromatic rings. The quantitative estimate of drug-likeness (QED) is 0.633. The van der Waals surface area contributed by atoms with Crippen LogP contribution in [0.25, 0.3) is 0 Å². The van der Waals surface area contributed by atoms with Crippen molar-refractivity contribution in [1.82, 2.24) is 15.3 Å². The molecule has 2 rings (SSSR count). The summed E-state index contributed by atoms with van der Waals surface area (Å²) in [5.41, 5.74) is 1.69. The lowest BCUT2D eigenvalue weighted by atomic mass is 10.1. The third-order valence-electron chi connectivity index (χ3n) is 3.04. The first kappa shape index (κ1) is 16.4. The molecule has 0 aliphatic rings. The highest BCUT2D eigenvalue weighted by molar-refractivity contribution is 5.94. The summed E-state index contributed by atoms with van der Waals surface area (Å²) >= 11 is 0. The van der Waals surface area contributed by atoms with Crippen molar-refractivity contribution in [3.63, 3.8) is 0 Å². The van der Waals surface area contributed by atoms with Gasteiger partial charge in [0.05, 0.1) is 0 Å². The summed E-state index contributed by atoms with van der Waals surface area (Å²) in [4.78, 5) is 31.6. The largest absolute Gasteiger partial charge is 0.347 e. The number of benzene rings is 1. The molecule has 6 nitrogen and oxygen atoms in total. The second-order valence-corrected chi connectivity index (χ2v) is 4.94. The van der Waals surface area contributed by atoms with E-state index in [-0.39, 0.29) is 17.4 Å². The van der Waals surface area contributed by atoms with Crippen LogP contribution in [0.1, 0.15) is 33.6 Å². The molecule has 0 spiro atoms. The van der Waals surface area contributed by atoms with Crippen molar-refractivity contribution in [3.05, 3.63) is 60.1 Å². The molecule has 0 saturated carbocycles. The molecule has 1 heterocycles. The van der Waals surface area contributed by atoms with Gasteiger partial charge in [0.2, 0.25) is 0 Å². The van der Waals surface area contributed by atoms with Gasteiger partial charge in [-0.1, -0.05) is 6.08 Å². The maximum atomic E-state index is 12.0. The van der Waals surface area contributed by atoms with Crippen molar-refractivity contribution < 1.29 is 9.59 Å². The van der Waals surface area contributed by atoms with Crippen molar-refractivity contribution in [2.24, 2.45) is 0 Å². The Bertz CT molecular complexity index is 739. The number of hydrogen-bond acceptors (Lipinski definition) is 5. The van der Waals surface area contributed by atoms with E-state index in [2.05, 4.69) is 27.2 Å². The third kappa shape index (κ3) is 4.47. The van der Waals surface area contributed by atoms with E-state index in [0.29, 0.717) is 23.8 Å². The zero-order chi connectivity index (χ0) is 16.8. The zero-order valence-corrected chi connectivity index (χ0v) is 13.1. The minimum absolute atomic E-state index is 0.00982. The topological polar surface area (TPSA) is 84.0 Å². The lowest BCUT2D eigenvalue weighted by molar-refractivity contribution is 0.0951. The summed E-state index contributed by atoms with van der Waals surface area (Å²) < 4.78 is 0. The van der Waals surface area contributed by atoms with Gasteiger partial charge >= 0.3 is 0 Å². The van der Waals surface area contributed by atoms with E-state index in [1.165, 1.54) is 6.92 Å². The first-order valence-electron chi connectivity index (χ1n) is 7.12. The number of nitrogens with zero attached hydrogens (tertiary/aromatic N) is 2. The number of hydrogen-bond donors (Lipinski definition) is 2. The number of carbonyl (C=O) groups excluding carboxylic acids is 2. The summed E-state index contributed by atoms with van der Waals surface area (Å²) in [5.74, 6) is 0.719. The Labute approximate surface area is 134 Å². The van der Waals surface area contributed by atoms with Crippen molar-refractivity contribution in [2.45, 2.75) is 13.8 Å². The molecule has 0 atom stereocenters. The molecule has 118 valence electrons. The summed E-state index contributed by atoms with van der Waals surface area (Å²) in [7, 11) is 0. The summed E-state index contributed by atoms with van der Waals surface area (Å²) in [6.45, 7) is 7.16. The standard InChI is InChI=1S/C17H18N4O2/c1-4-9-18-17(23)15-10-16(20-12(3)19-15)21-14-7-5-13(6-8-14)11(2)22/h4-8,10H,1,9H2,2-3H3,(H,18,23)(H,19,20,21). The molecule has 0 unspecified atom stereocenters. The SMILES string of the molecule is C=CCNC(=O)c1cc(Nc2ccc(C(C)=O)cc2)nc(C)n1. The van der Waals surface area contributed by atoms with Crippen LogP contribution >= 0.6 is 0 Å².